The Labute approximate surface area is 226 Å². The predicted octanol–water partition coefficient (Wildman–Crippen LogP) is 3.10. The molecule has 39 heavy (non-hydrogen) atoms. The van der Waals surface area contributed by atoms with Crippen LogP contribution in [0.5, 0.6) is 5.88 Å². The third-order valence-corrected chi connectivity index (χ3v) is 9.27. The van der Waals surface area contributed by atoms with Gasteiger partial charge in [0.2, 0.25) is 17.2 Å². The van der Waals surface area contributed by atoms with Crippen molar-refractivity contribution in [1.29, 1.82) is 0 Å². The number of hydrogen-bond acceptors (Lipinski definition) is 8. The second-order valence-electron chi connectivity index (χ2n) is 10.7. The van der Waals surface area contributed by atoms with Crippen molar-refractivity contribution in [2.45, 2.75) is 50.9 Å². The third-order valence-electron chi connectivity index (χ3n) is 8.18. The van der Waals surface area contributed by atoms with Gasteiger partial charge in [0.25, 0.3) is 0 Å². The van der Waals surface area contributed by atoms with Crippen LogP contribution in [-0.4, -0.2) is 65.4 Å². The number of rotatable bonds is 7. The van der Waals surface area contributed by atoms with Crippen molar-refractivity contribution >= 4 is 33.3 Å². The Balaban J connectivity index is 1.40. The number of methoxy groups -OCH3 is 1. The topological polar surface area (TPSA) is 101 Å². The maximum Gasteiger partial charge on any atom is 0.394 e. The molecule has 1 aliphatic heterocycles. The zero-order chi connectivity index (χ0) is 27.6. The zero-order valence-electron chi connectivity index (χ0n) is 21.7. The van der Waals surface area contributed by atoms with Crippen LogP contribution in [0, 0.1) is 5.41 Å². The molecule has 3 aliphatic carbocycles. The lowest BCUT2D eigenvalue weighted by Crippen LogP contribution is -2.78. The highest BCUT2D eigenvalue weighted by Crippen LogP contribution is 2.73. The van der Waals surface area contributed by atoms with Gasteiger partial charge in [0.1, 0.15) is 21.9 Å². The number of carbonyl (C=O) groups is 1. The van der Waals surface area contributed by atoms with Crippen molar-refractivity contribution in [1.82, 2.24) is 25.2 Å². The lowest BCUT2D eigenvalue weighted by molar-refractivity contribution is -0.337. The van der Waals surface area contributed by atoms with Crippen LogP contribution in [0.1, 0.15) is 31.9 Å². The number of hydrogen-bond donors (Lipinski definition) is 2. The van der Waals surface area contributed by atoms with Crippen LogP contribution in [0.4, 0.5) is 18.9 Å². The summed E-state index contributed by atoms with van der Waals surface area (Å²) in [4.78, 5) is 38.1. The Morgan fingerprint density at radius 2 is 1.97 bits per heavy atom. The Bertz CT molecular complexity index is 1490. The number of pyridine rings is 2. The van der Waals surface area contributed by atoms with Crippen molar-refractivity contribution in [3.8, 4) is 16.5 Å². The van der Waals surface area contributed by atoms with E-state index in [1.54, 1.807) is 22.9 Å². The predicted molar refractivity (Wildman–Crippen MR) is 141 cm³/mol. The zero-order valence-corrected chi connectivity index (χ0v) is 22.5. The van der Waals surface area contributed by atoms with Crippen LogP contribution in [0.2, 0.25) is 0 Å². The van der Waals surface area contributed by atoms with Gasteiger partial charge in [-0.15, -0.1) is 11.3 Å². The summed E-state index contributed by atoms with van der Waals surface area (Å²) >= 11 is 1.25. The first-order valence-electron chi connectivity index (χ1n) is 13.0. The molecular weight excluding hydrogens is 533 g/mol. The summed E-state index contributed by atoms with van der Waals surface area (Å²) in [7, 11) is 1.52. The van der Waals surface area contributed by atoms with Crippen molar-refractivity contribution in [3.63, 3.8) is 0 Å². The van der Waals surface area contributed by atoms with Gasteiger partial charge in [-0.05, 0) is 31.7 Å². The highest BCUT2D eigenvalue weighted by atomic mass is 32.1. The maximum atomic E-state index is 13.9. The Morgan fingerprint density at radius 3 is 2.62 bits per heavy atom. The van der Waals surface area contributed by atoms with E-state index >= 15 is 0 Å². The van der Waals surface area contributed by atoms with E-state index in [2.05, 4.69) is 20.5 Å². The van der Waals surface area contributed by atoms with Gasteiger partial charge in [-0.2, -0.15) is 13.2 Å². The van der Waals surface area contributed by atoms with E-state index in [0.717, 1.165) is 18.7 Å². The quantitative estimate of drug-likeness (QED) is 0.457. The average Bonchev–Trinajstić information content (AvgIpc) is 3.32. The fraction of sp³-hybridized carbons (Fsp3) is 0.538. The van der Waals surface area contributed by atoms with Crippen LogP contribution in [0.25, 0.3) is 20.9 Å². The molecule has 3 saturated carbocycles. The molecule has 9 nitrogen and oxygen atoms in total. The first-order chi connectivity index (χ1) is 18.6. The summed E-state index contributed by atoms with van der Waals surface area (Å²) in [5, 5.41) is 6.76. The Hall–Kier alpha value is -3.19. The number of halogens is 3. The molecule has 1 amide bonds. The number of carbonyl (C=O) groups excluding carboxylic acids is 1. The van der Waals surface area contributed by atoms with Gasteiger partial charge in [-0.25, -0.2) is 9.97 Å². The molecule has 0 spiro atoms. The minimum absolute atomic E-state index is 0.0772. The largest absolute Gasteiger partial charge is 0.481 e. The number of piperazine rings is 1. The second kappa shape index (κ2) is 9.19. The fourth-order valence-corrected chi connectivity index (χ4v) is 7.36. The number of anilines is 1. The van der Waals surface area contributed by atoms with Gasteiger partial charge in [-0.1, -0.05) is 6.92 Å². The minimum atomic E-state index is -4.25. The molecule has 0 aromatic carbocycles. The maximum absolute atomic E-state index is 13.9. The fourth-order valence-electron chi connectivity index (χ4n) is 6.36. The molecule has 13 heteroatoms. The van der Waals surface area contributed by atoms with Gasteiger partial charge in [-0.3, -0.25) is 9.59 Å². The molecule has 0 unspecified atom stereocenters. The summed E-state index contributed by atoms with van der Waals surface area (Å²) in [6, 6.07) is 3.51. The van der Waals surface area contributed by atoms with E-state index in [9.17, 15) is 22.8 Å². The summed E-state index contributed by atoms with van der Waals surface area (Å²) in [6.45, 7) is 4.55. The van der Waals surface area contributed by atoms with E-state index < -0.39 is 17.1 Å². The lowest BCUT2D eigenvalue weighted by atomic mass is 9.39. The van der Waals surface area contributed by atoms with Crippen LogP contribution in [0.3, 0.4) is 0 Å². The smallest absolute Gasteiger partial charge is 0.394 e. The van der Waals surface area contributed by atoms with E-state index in [-0.39, 0.29) is 37.1 Å². The number of amides is 1. The molecule has 1 saturated heterocycles. The van der Waals surface area contributed by atoms with E-state index in [1.807, 2.05) is 6.92 Å². The first-order valence-corrected chi connectivity index (χ1v) is 13.8. The van der Waals surface area contributed by atoms with Crippen molar-refractivity contribution in [3.05, 3.63) is 34.2 Å². The van der Waals surface area contributed by atoms with Gasteiger partial charge in [0.05, 0.1) is 12.5 Å². The second-order valence-corrected chi connectivity index (χ2v) is 11.7. The molecule has 0 atom stereocenters. The van der Waals surface area contributed by atoms with Crippen LogP contribution in [0.15, 0.2) is 23.1 Å². The average molecular weight is 563 g/mol. The Morgan fingerprint density at radius 1 is 1.26 bits per heavy atom. The number of fused-ring (bicyclic) bond motifs is 1. The molecule has 3 aromatic heterocycles. The lowest BCUT2D eigenvalue weighted by Gasteiger charge is -2.70. The van der Waals surface area contributed by atoms with Gasteiger partial charge < -0.3 is 24.8 Å². The van der Waals surface area contributed by atoms with Gasteiger partial charge in [0, 0.05) is 55.2 Å². The van der Waals surface area contributed by atoms with Crippen molar-refractivity contribution in [2.75, 3.05) is 38.2 Å². The summed E-state index contributed by atoms with van der Waals surface area (Å²) in [5.74, 6) is 0.0313. The van der Waals surface area contributed by atoms with Crippen LogP contribution in [-0.2, 0) is 17.8 Å². The van der Waals surface area contributed by atoms with E-state index in [0.29, 0.717) is 52.1 Å². The number of nitrogens with one attached hydrogen (secondary N) is 2. The molecule has 0 radical (unpaired) electrons. The standard InChI is InChI=1S/C26H29F3N6O3S/c1-3-16-19(34-8-6-30-7-9-34)20(37)21-22(32-23(39-21)15-4-5-31-18(10-15)38-2)35(16)11-17(36)33-25-12-24(13-25,14-25)26(27,28)29/h4-5,10,30H,3,6-9,11-14H2,1-2H3,(H,33,36). The highest BCUT2D eigenvalue weighted by molar-refractivity contribution is 7.21. The number of nitrogens with zero attached hydrogens (tertiary/aromatic N) is 4. The SMILES string of the molecule is CCc1c(N2CCNCC2)c(=O)c2sc(-c3ccnc(OC)c3)nc2n1CC(=O)NC12CC(C(F)(F)F)(C1)C2. The van der Waals surface area contributed by atoms with Gasteiger partial charge >= 0.3 is 6.18 Å². The molecule has 2 N–H and O–H groups in total. The normalized spacial score (nSPS) is 24.3. The molecule has 4 aliphatic rings. The number of ether oxygens (including phenoxy) is 1. The number of aromatic nitrogens is 3. The molecule has 4 fully saturated rings. The molecule has 7 rings (SSSR count). The molecule has 4 heterocycles. The van der Waals surface area contributed by atoms with Crippen molar-refractivity contribution < 1.29 is 22.7 Å². The highest BCUT2D eigenvalue weighted by Gasteiger charge is 2.78. The summed E-state index contributed by atoms with van der Waals surface area (Å²) in [5.41, 5.74) is -0.195. The number of thiazole rings is 1. The number of alkyl halides is 3. The van der Waals surface area contributed by atoms with Crippen LogP contribution < -0.4 is 25.7 Å². The summed E-state index contributed by atoms with van der Waals surface area (Å²) < 4.78 is 47.4. The summed E-state index contributed by atoms with van der Waals surface area (Å²) in [6.07, 6.45) is -2.40. The third kappa shape index (κ3) is 4.17. The minimum Gasteiger partial charge on any atom is -0.481 e. The molecule has 3 aromatic rings. The van der Waals surface area contributed by atoms with Crippen LogP contribution >= 0.6 is 11.3 Å². The Kier molecular flexibility index (Phi) is 6.14. The molecule has 208 valence electrons. The van der Waals surface area contributed by atoms with E-state index in [1.165, 1.54) is 18.4 Å². The van der Waals surface area contributed by atoms with E-state index in [4.69, 9.17) is 9.72 Å². The molecular formula is C26H29F3N6O3S. The van der Waals surface area contributed by atoms with Gasteiger partial charge in [0.15, 0.2) is 5.65 Å². The molecule has 2 bridgehead atoms. The monoisotopic (exact) mass is 562 g/mol. The first kappa shape index (κ1) is 26.1. The van der Waals surface area contributed by atoms with Crippen molar-refractivity contribution in [2.24, 2.45) is 5.41 Å².